The molecule has 0 bridgehead atoms. The maximum absolute atomic E-state index is 12.4. The van der Waals surface area contributed by atoms with Gasteiger partial charge in [0.05, 0.1) is 18.8 Å². The van der Waals surface area contributed by atoms with E-state index in [-0.39, 0.29) is 6.61 Å². The molecule has 5 heteroatoms. The lowest BCUT2D eigenvalue weighted by Crippen LogP contribution is -2.48. The van der Waals surface area contributed by atoms with Crippen LogP contribution in [0.25, 0.3) is 0 Å². The summed E-state index contributed by atoms with van der Waals surface area (Å²) in [5, 5.41) is 33.1. The standard InChI is InChI=1S/C46H87NO4/c1-3-5-7-9-11-13-15-17-19-20-21-22-23-24-25-26-27-29-30-32-34-36-38-40-44(49)43(42-48)47-46(51)45(50)41-39-37-35-33-31-28-18-16-14-12-10-8-6-4-2/h14,16,30,32,38,40,43-45,48-50H,3-13,15,17-29,31,33-37,39,41-42H2,1-2H3,(H,47,51)/b16-14-,32-30+,40-38+. The highest BCUT2D eigenvalue weighted by Crippen LogP contribution is 2.15. The van der Waals surface area contributed by atoms with Gasteiger partial charge in [-0.2, -0.15) is 0 Å². The molecule has 0 rings (SSSR count). The van der Waals surface area contributed by atoms with E-state index < -0.39 is 24.2 Å². The summed E-state index contributed by atoms with van der Waals surface area (Å²) in [5.41, 5.74) is 0. The Balaban J connectivity index is 3.70. The fourth-order valence-electron chi connectivity index (χ4n) is 6.67. The summed E-state index contributed by atoms with van der Waals surface area (Å²) in [7, 11) is 0. The van der Waals surface area contributed by atoms with E-state index >= 15 is 0 Å². The molecule has 0 spiro atoms. The Bertz CT molecular complexity index is 794. The van der Waals surface area contributed by atoms with Crippen LogP contribution in [-0.4, -0.2) is 46.1 Å². The van der Waals surface area contributed by atoms with Crippen LogP contribution >= 0.6 is 0 Å². The Hall–Kier alpha value is -1.43. The molecule has 4 N–H and O–H groups in total. The second-order valence-electron chi connectivity index (χ2n) is 15.2. The summed E-state index contributed by atoms with van der Waals surface area (Å²) in [6, 6.07) is -0.816. The van der Waals surface area contributed by atoms with Gasteiger partial charge in [0.2, 0.25) is 5.91 Å². The summed E-state index contributed by atoms with van der Waals surface area (Å²) < 4.78 is 0. The average molecular weight is 718 g/mol. The first-order valence-corrected chi connectivity index (χ1v) is 22.3. The lowest BCUT2D eigenvalue weighted by molar-refractivity contribution is -0.131. The zero-order chi connectivity index (χ0) is 37.3. The molecule has 300 valence electrons. The fraction of sp³-hybridized carbons (Fsp3) is 0.848. The van der Waals surface area contributed by atoms with Crippen LogP contribution in [0.3, 0.4) is 0 Å². The van der Waals surface area contributed by atoms with Crippen molar-refractivity contribution in [3.8, 4) is 0 Å². The molecule has 0 aliphatic rings. The van der Waals surface area contributed by atoms with Crippen LogP contribution in [0.5, 0.6) is 0 Å². The zero-order valence-corrected chi connectivity index (χ0v) is 34.0. The van der Waals surface area contributed by atoms with E-state index in [2.05, 4.69) is 43.5 Å². The van der Waals surface area contributed by atoms with Gasteiger partial charge in [-0.25, -0.2) is 0 Å². The summed E-state index contributed by atoms with van der Waals surface area (Å²) in [6.45, 7) is 4.16. The molecule has 0 aliphatic carbocycles. The van der Waals surface area contributed by atoms with Crippen LogP contribution in [0.15, 0.2) is 36.5 Å². The van der Waals surface area contributed by atoms with Gasteiger partial charge in [-0.3, -0.25) is 4.79 Å². The largest absolute Gasteiger partial charge is 0.394 e. The van der Waals surface area contributed by atoms with Gasteiger partial charge in [-0.15, -0.1) is 0 Å². The van der Waals surface area contributed by atoms with Crippen LogP contribution in [-0.2, 0) is 4.79 Å². The molecular formula is C46H87NO4. The van der Waals surface area contributed by atoms with Crippen molar-refractivity contribution in [3.63, 3.8) is 0 Å². The summed E-state index contributed by atoms with van der Waals surface area (Å²) in [5.74, 6) is -0.518. The van der Waals surface area contributed by atoms with Crippen molar-refractivity contribution in [2.45, 2.75) is 244 Å². The highest BCUT2D eigenvalue weighted by molar-refractivity contribution is 5.80. The number of hydrogen-bond acceptors (Lipinski definition) is 4. The number of hydrogen-bond donors (Lipinski definition) is 4. The van der Waals surface area contributed by atoms with E-state index in [9.17, 15) is 20.1 Å². The first kappa shape index (κ1) is 49.6. The molecule has 0 saturated carbocycles. The van der Waals surface area contributed by atoms with Gasteiger partial charge in [0.1, 0.15) is 6.10 Å². The van der Waals surface area contributed by atoms with E-state index in [4.69, 9.17) is 0 Å². The van der Waals surface area contributed by atoms with Gasteiger partial charge in [-0.1, -0.05) is 204 Å². The number of aliphatic hydroxyl groups excluding tert-OH is 3. The number of amides is 1. The predicted molar refractivity (Wildman–Crippen MR) is 222 cm³/mol. The van der Waals surface area contributed by atoms with E-state index in [1.807, 2.05) is 6.08 Å². The molecule has 1 amide bonds. The Morgan fingerprint density at radius 3 is 1.22 bits per heavy atom. The minimum absolute atomic E-state index is 0.378. The van der Waals surface area contributed by atoms with Crippen molar-refractivity contribution in [3.05, 3.63) is 36.5 Å². The number of allylic oxidation sites excluding steroid dienone is 5. The first-order chi connectivity index (χ1) is 25.1. The second kappa shape index (κ2) is 41.3. The van der Waals surface area contributed by atoms with Crippen molar-refractivity contribution in [1.82, 2.24) is 5.32 Å². The molecule has 3 atom stereocenters. The molecule has 0 aliphatic heterocycles. The van der Waals surface area contributed by atoms with Gasteiger partial charge in [0.25, 0.3) is 0 Å². The Labute approximate surface area is 317 Å². The van der Waals surface area contributed by atoms with Crippen molar-refractivity contribution in [1.29, 1.82) is 0 Å². The van der Waals surface area contributed by atoms with E-state index in [1.165, 1.54) is 161 Å². The minimum Gasteiger partial charge on any atom is -0.394 e. The van der Waals surface area contributed by atoms with Crippen molar-refractivity contribution in [2.24, 2.45) is 0 Å². The Morgan fingerprint density at radius 2 is 0.804 bits per heavy atom. The number of aliphatic hydroxyl groups is 3. The molecule has 5 nitrogen and oxygen atoms in total. The van der Waals surface area contributed by atoms with Crippen LogP contribution in [0.1, 0.15) is 226 Å². The predicted octanol–water partition coefficient (Wildman–Crippen LogP) is 12.8. The third-order valence-corrected chi connectivity index (χ3v) is 10.2. The zero-order valence-electron chi connectivity index (χ0n) is 34.0. The molecule has 0 fully saturated rings. The highest BCUT2D eigenvalue weighted by atomic mass is 16.3. The number of carbonyl (C=O) groups excluding carboxylic acids is 1. The van der Waals surface area contributed by atoms with Crippen molar-refractivity contribution < 1.29 is 20.1 Å². The molecule has 0 aromatic heterocycles. The highest BCUT2D eigenvalue weighted by Gasteiger charge is 2.22. The molecular weight excluding hydrogens is 631 g/mol. The Kier molecular flexibility index (Phi) is 40.2. The fourth-order valence-corrected chi connectivity index (χ4v) is 6.67. The summed E-state index contributed by atoms with van der Waals surface area (Å²) >= 11 is 0. The van der Waals surface area contributed by atoms with E-state index in [1.54, 1.807) is 6.08 Å². The number of carbonyl (C=O) groups is 1. The van der Waals surface area contributed by atoms with E-state index in [0.717, 1.165) is 44.9 Å². The number of nitrogens with one attached hydrogen (secondary N) is 1. The topological polar surface area (TPSA) is 89.8 Å². The molecule has 0 aromatic rings. The monoisotopic (exact) mass is 718 g/mol. The van der Waals surface area contributed by atoms with Gasteiger partial charge in [0.15, 0.2) is 0 Å². The number of rotatable bonds is 40. The SMILES string of the molecule is CCCCCC/C=C\CCCCCCCCC(O)C(=O)NC(CO)C(O)/C=C/CC/C=C/CCCCCCCCCCCCCCCCCCC. The molecule has 51 heavy (non-hydrogen) atoms. The Morgan fingerprint density at radius 1 is 0.471 bits per heavy atom. The van der Waals surface area contributed by atoms with Gasteiger partial charge >= 0.3 is 0 Å². The van der Waals surface area contributed by atoms with Gasteiger partial charge in [0, 0.05) is 0 Å². The third kappa shape index (κ3) is 36.7. The minimum atomic E-state index is -1.11. The average Bonchev–Trinajstić information content (AvgIpc) is 3.13. The smallest absolute Gasteiger partial charge is 0.249 e. The molecule has 3 unspecified atom stereocenters. The first-order valence-electron chi connectivity index (χ1n) is 22.3. The van der Waals surface area contributed by atoms with Crippen molar-refractivity contribution in [2.75, 3.05) is 6.61 Å². The van der Waals surface area contributed by atoms with Crippen LogP contribution in [0, 0.1) is 0 Å². The van der Waals surface area contributed by atoms with Crippen molar-refractivity contribution >= 4 is 5.91 Å². The van der Waals surface area contributed by atoms with Gasteiger partial charge in [-0.05, 0) is 57.8 Å². The summed E-state index contributed by atoms with van der Waals surface area (Å²) in [4.78, 5) is 12.4. The van der Waals surface area contributed by atoms with E-state index in [0.29, 0.717) is 6.42 Å². The maximum Gasteiger partial charge on any atom is 0.249 e. The maximum atomic E-state index is 12.4. The van der Waals surface area contributed by atoms with Crippen LogP contribution in [0.4, 0.5) is 0 Å². The molecule has 0 aromatic carbocycles. The third-order valence-electron chi connectivity index (χ3n) is 10.2. The normalized spacial score (nSPS) is 13.9. The molecule has 0 saturated heterocycles. The second-order valence-corrected chi connectivity index (χ2v) is 15.2. The van der Waals surface area contributed by atoms with Crippen LogP contribution < -0.4 is 5.32 Å². The molecule has 0 radical (unpaired) electrons. The molecule has 0 heterocycles. The lowest BCUT2D eigenvalue weighted by atomic mass is 10.0. The number of unbranched alkanes of at least 4 members (excludes halogenated alkanes) is 28. The lowest BCUT2D eigenvalue weighted by Gasteiger charge is -2.21. The van der Waals surface area contributed by atoms with Crippen LogP contribution in [0.2, 0.25) is 0 Å². The van der Waals surface area contributed by atoms with Gasteiger partial charge < -0.3 is 20.6 Å². The summed E-state index contributed by atoms with van der Waals surface area (Å²) in [6.07, 6.45) is 51.8. The quantitative estimate of drug-likeness (QED) is 0.0375.